The standard InChI is InChI=1S/C16H25N3.HI/c1-12-5-7-13(8-6-12)16(2,3)11-18-15(17)19(4)14-9-10-14;/h5-8,14H,9-11H2,1-4H3,(H2,17,18);1H. The zero-order valence-corrected chi connectivity index (χ0v) is 15.2. The first-order valence-electron chi connectivity index (χ1n) is 7.00. The predicted octanol–water partition coefficient (Wildman–Crippen LogP) is 3.30. The normalized spacial score (nSPS) is 15.7. The third-order valence-electron chi connectivity index (χ3n) is 3.93. The average molecular weight is 387 g/mol. The number of nitrogens with zero attached hydrogens (tertiary/aromatic N) is 2. The van der Waals surface area contributed by atoms with E-state index in [2.05, 4.69) is 54.9 Å². The maximum Gasteiger partial charge on any atom is 0.191 e. The van der Waals surface area contributed by atoms with Gasteiger partial charge >= 0.3 is 0 Å². The van der Waals surface area contributed by atoms with Crippen molar-refractivity contribution in [2.24, 2.45) is 10.7 Å². The van der Waals surface area contributed by atoms with Crippen LogP contribution in [0, 0.1) is 6.92 Å². The van der Waals surface area contributed by atoms with Gasteiger partial charge in [0.05, 0.1) is 6.54 Å². The van der Waals surface area contributed by atoms with Crippen LogP contribution in [0.1, 0.15) is 37.8 Å². The highest BCUT2D eigenvalue weighted by Gasteiger charge is 2.28. The Morgan fingerprint density at radius 3 is 2.35 bits per heavy atom. The SMILES string of the molecule is Cc1ccc(C(C)(C)CN=C(N)N(C)C2CC2)cc1.I. The Morgan fingerprint density at radius 2 is 1.85 bits per heavy atom. The molecule has 20 heavy (non-hydrogen) atoms. The molecule has 0 heterocycles. The first-order valence-corrected chi connectivity index (χ1v) is 7.00. The van der Waals surface area contributed by atoms with Gasteiger partial charge in [-0.15, -0.1) is 24.0 Å². The molecule has 0 atom stereocenters. The van der Waals surface area contributed by atoms with E-state index in [9.17, 15) is 0 Å². The van der Waals surface area contributed by atoms with Crippen LogP contribution in [0.15, 0.2) is 29.3 Å². The van der Waals surface area contributed by atoms with Gasteiger partial charge in [0.15, 0.2) is 5.96 Å². The van der Waals surface area contributed by atoms with Gasteiger partial charge in [0, 0.05) is 18.5 Å². The zero-order valence-electron chi connectivity index (χ0n) is 12.9. The maximum absolute atomic E-state index is 6.04. The molecule has 4 heteroatoms. The number of nitrogens with two attached hydrogens (primary N) is 1. The van der Waals surface area contributed by atoms with Crippen LogP contribution in [0.5, 0.6) is 0 Å². The molecule has 0 unspecified atom stereocenters. The first kappa shape index (κ1) is 17.3. The lowest BCUT2D eigenvalue weighted by Gasteiger charge is -2.25. The summed E-state index contributed by atoms with van der Waals surface area (Å²) >= 11 is 0. The third-order valence-corrected chi connectivity index (χ3v) is 3.93. The fourth-order valence-electron chi connectivity index (χ4n) is 2.14. The summed E-state index contributed by atoms with van der Waals surface area (Å²) in [4.78, 5) is 6.68. The van der Waals surface area contributed by atoms with Gasteiger partial charge in [0.1, 0.15) is 0 Å². The van der Waals surface area contributed by atoms with Crippen LogP contribution in [0.2, 0.25) is 0 Å². The number of aryl methyl sites for hydroxylation is 1. The average Bonchev–Trinajstić information content (AvgIpc) is 3.20. The Hall–Kier alpha value is -0.780. The molecule has 0 spiro atoms. The highest BCUT2D eigenvalue weighted by molar-refractivity contribution is 14.0. The van der Waals surface area contributed by atoms with Crippen molar-refractivity contribution >= 4 is 29.9 Å². The summed E-state index contributed by atoms with van der Waals surface area (Å²) in [6.07, 6.45) is 2.49. The van der Waals surface area contributed by atoms with E-state index < -0.39 is 0 Å². The molecule has 0 bridgehead atoms. The van der Waals surface area contributed by atoms with E-state index >= 15 is 0 Å². The molecule has 0 saturated heterocycles. The lowest BCUT2D eigenvalue weighted by atomic mass is 9.84. The van der Waals surface area contributed by atoms with E-state index in [4.69, 9.17) is 5.73 Å². The summed E-state index contributed by atoms with van der Waals surface area (Å²) in [7, 11) is 2.04. The molecule has 112 valence electrons. The number of aliphatic imine (C=N–C) groups is 1. The summed E-state index contributed by atoms with van der Waals surface area (Å²) < 4.78 is 0. The summed E-state index contributed by atoms with van der Waals surface area (Å²) in [5, 5.41) is 0. The lowest BCUT2D eigenvalue weighted by Crippen LogP contribution is -2.37. The number of hydrogen-bond acceptors (Lipinski definition) is 1. The molecule has 1 aliphatic carbocycles. The number of rotatable bonds is 4. The fraction of sp³-hybridized carbons (Fsp3) is 0.562. The third kappa shape index (κ3) is 4.36. The van der Waals surface area contributed by atoms with Crippen LogP contribution < -0.4 is 5.73 Å². The monoisotopic (exact) mass is 387 g/mol. The largest absolute Gasteiger partial charge is 0.370 e. The maximum atomic E-state index is 6.04. The van der Waals surface area contributed by atoms with E-state index in [0.29, 0.717) is 12.0 Å². The van der Waals surface area contributed by atoms with Crippen LogP contribution in [0.25, 0.3) is 0 Å². The van der Waals surface area contributed by atoms with Gasteiger partial charge < -0.3 is 10.6 Å². The zero-order chi connectivity index (χ0) is 14.0. The molecule has 1 aromatic rings. The van der Waals surface area contributed by atoms with Crippen LogP contribution in [0.3, 0.4) is 0 Å². The van der Waals surface area contributed by atoms with Crippen molar-refractivity contribution in [3.05, 3.63) is 35.4 Å². The minimum Gasteiger partial charge on any atom is -0.370 e. The Morgan fingerprint density at radius 1 is 1.30 bits per heavy atom. The Labute approximate surface area is 139 Å². The Balaban J connectivity index is 0.00000200. The second kappa shape index (κ2) is 6.78. The van der Waals surface area contributed by atoms with Crippen molar-refractivity contribution in [2.45, 2.75) is 45.1 Å². The topological polar surface area (TPSA) is 41.6 Å². The molecule has 2 rings (SSSR count). The van der Waals surface area contributed by atoms with Crippen molar-refractivity contribution in [1.29, 1.82) is 0 Å². The van der Waals surface area contributed by atoms with Gasteiger partial charge in [0.2, 0.25) is 0 Å². The van der Waals surface area contributed by atoms with Crippen molar-refractivity contribution in [3.63, 3.8) is 0 Å². The van der Waals surface area contributed by atoms with Gasteiger partial charge in [-0.2, -0.15) is 0 Å². The molecule has 0 aromatic heterocycles. The quantitative estimate of drug-likeness (QED) is 0.489. The summed E-state index contributed by atoms with van der Waals surface area (Å²) in [5.74, 6) is 0.669. The number of hydrogen-bond donors (Lipinski definition) is 1. The molecule has 1 saturated carbocycles. The molecular formula is C16H26IN3. The van der Waals surface area contributed by atoms with E-state index in [1.165, 1.54) is 24.0 Å². The minimum absolute atomic E-state index is 0. The summed E-state index contributed by atoms with van der Waals surface area (Å²) in [6.45, 7) is 7.26. The van der Waals surface area contributed by atoms with Crippen molar-refractivity contribution in [1.82, 2.24) is 4.90 Å². The number of guanidine groups is 1. The molecule has 3 nitrogen and oxygen atoms in total. The Kier molecular flexibility index (Phi) is 5.86. The highest BCUT2D eigenvalue weighted by atomic mass is 127. The molecule has 0 radical (unpaired) electrons. The van der Waals surface area contributed by atoms with E-state index in [1.54, 1.807) is 0 Å². The molecule has 2 N–H and O–H groups in total. The number of halogens is 1. The van der Waals surface area contributed by atoms with Gasteiger partial charge in [-0.25, -0.2) is 0 Å². The van der Waals surface area contributed by atoms with Crippen LogP contribution in [-0.2, 0) is 5.41 Å². The lowest BCUT2D eigenvalue weighted by molar-refractivity contribution is 0.476. The fourth-order valence-corrected chi connectivity index (χ4v) is 2.14. The highest BCUT2D eigenvalue weighted by Crippen LogP contribution is 2.26. The van der Waals surface area contributed by atoms with Gasteiger partial charge in [-0.05, 0) is 25.3 Å². The number of benzene rings is 1. The predicted molar refractivity (Wildman–Crippen MR) is 96.9 cm³/mol. The van der Waals surface area contributed by atoms with E-state index in [-0.39, 0.29) is 29.4 Å². The molecule has 1 aliphatic rings. The van der Waals surface area contributed by atoms with Crippen molar-refractivity contribution in [2.75, 3.05) is 13.6 Å². The van der Waals surface area contributed by atoms with E-state index in [0.717, 1.165) is 6.54 Å². The first-order chi connectivity index (χ1) is 8.90. The van der Waals surface area contributed by atoms with Crippen LogP contribution in [-0.4, -0.2) is 30.5 Å². The van der Waals surface area contributed by atoms with Crippen LogP contribution >= 0.6 is 24.0 Å². The molecule has 0 aliphatic heterocycles. The minimum atomic E-state index is 0. The second-order valence-electron chi connectivity index (χ2n) is 6.27. The second-order valence-corrected chi connectivity index (χ2v) is 6.27. The van der Waals surface area contributed by atoms with Crippen molar-refractivity contribution in [3.8, 4) is 0 Å². The summed E-state index contributed by atoms with van der Waals surface area (Å²) in [6, 6.07) is 9.30. The van der Waals surface area contributed by atoms with Gasteiger partial charge in [-0.1, -0.05) is 43.7 Å². The van der Waals surface area contributed by atoms with E-state index in [1.807, 2.05) is 7.05 Å². The molecule has 0 amide bonds. The van der Waals surface area contributed by atoms with Gasteiger partial charge in [0.25, 0.3) is 0 Å². The van der Waals surface area contributed by atoms with Crippen LogP contribution in [0.4, 0.5) is 0 Å². The molecule has 1 aromatic carbocycles. The summed E-state index contributed by atoms with van der Waals surface area (Å²) in [5.41, 5.74) is 8.66. The Bertz CT molecular complexity index is 461. The van der Waals surface area contributed by atoms with Crippen molar-refractivity contribution < 1.29 is 0 Å². The molecular weight excluding hydrogens is 361 g/mol. The smallest absolute Gasteiger partial charge is 0.191 e. The van der Waals surface area contributed by atoms with Gasteiger partial charge in [-0.3, -0.25) is 4.99 Å². The molecule has 1 fully saturated rings.